The lowest BCUT2D eigenvalue weighted by Crippen LogP contribution is -2.48. The van der Waals surface area contributed by atoms with Crippen LogP contribution in [0.5, 0.6) is 0 Å². The fourth-order valence-corrected chi connectivity index (χ4v) is 2.59. The van der Waals surface area contributed by atoms with Crippen molar-refractivity contribution in [1.82, 2.24) is 4.90 Å². The van der Waals surface area contributed by atoms with Gasteiger partial charge in [0.2, 0.25) is 0 Å². The standard InChI is InChI=1S/C14H29NO2/c1-4-6-10-14(16-3,17-5-2)13-15-11-8-7-9-12-15/h4-13H2,1-3H3. The van der Waals surface area contributed by atoms with E-state index in [2.05, 4.69) is 18.7 Å². The largest absolute Gasteiger partial charge is 0.352 e. The molecule has 0 N–H and O–H groups in total. The van der Waals surface area contributed by atoms with Gasteiger partial charge in [-0.25, -0.2) is 0 Å². The molecule has 1 atom stereocenters. The second-order valence-corrected chi connectivity index (χ2v) is 4.99. The van der Waals surface area contributed by atoms with Crippen LogP contribution in [0.2, 0.25) is 0 Å². The Morgan fingerprint density at radius 1 is 1.12 bits per heavy atom. The van der Waals surface area contributed by atoms with Gasteiger partial charge in [0.25, 0.3) is 0 Å². The zero-order valence-corrected chi connectivity index (χ0v) is 11.8. The first-order chi connectivity index (χ1) is 8.26. The molecule has 0 aromatic rings. The first kappa shape index (κ1) is 14.9. The van der Waals surface area contributed by atoms with E-state index in [0.29, 0.717) is 0 Å². The zero-order valence-electron chi connectivity index (χ0n) is 11.8. The van der Waals surface area contributed by atoms with E-state index in [1.165, 1.54) is 45.2 Å². The van der Waals surface area contributed by atoms with Crippen LogP contribution in [-0.2, 0) is 9.47 Å². The van der Waals surface area contributed by atoms with Crippen LogP contribution in [0.4, 0.5) is 0 Å². The molecule has 0 aliphatic carbocycles. The van der Waals surface area contributed by atoms with Crippen molar-refractivity contribution >= 4 is 0 Å². The van der Waals surface area contributed by atoms with Gasteiger partial charge in [0.1, 0.15) is 0 Å². The average molecular weight is 243 g/mol. The van der Waals surface area contributed by atoms with Gasteiger partial charge in [0.05, 0.1) is 6.54 Å². The van der Waals surface area contributed by atoms with Crippen LogP contribution in [0.1, 0.15) is 52.4 Å². The molecule has 1 aliphatic heterocycles. The van der Waals surface area contributed by atoms with E-state index in [-0.39, 0.29) is 5.79 Å². The van der Waals surface area contributed by atoms with Crippen LogP contribution in [0, 0.1) is 0 Å². The van der Waals surface area contributed by atoms with E-state index in [9.17, 15) is 0 Å². The van der Waals surface area contributed by atoms with Gasteiger partial charge in [-0.15, -0.1) is 0 Å². The topological polar surface area (TPSA) is 21.7 Å². The molecule has 1 heterocycles. The molecule has 0 spiro atoms. The number of unbranched alkanes of at least 4 members (excludes halogenated alkanes) is 1. The lowest BCUT2D eigenvalue weighted by molar-refractivity contribution is -0.234. The summed E-state index contributed by atoms with van der Waals surface area (Å²) in [5.74, 6) is -0.373. The summed E-state index contributed by atoms with van der Waals surface area (Å²) in [5.41, 5.74) is 0. The maximum absolute atomic E-state index is 5.92. The van der Waals surface area contributed by atoms with E-state index < -0.39 is 0 Å². The van der Waals surface area contributed by atoms with Crippen molar-refractivity contribution in [3.8, 4) is 0 Å². The minimum absolute atomic E-state index is 0.373. The monoisotopic (exact) mass is 243 g/mol. The second kappa shape index (κ2) is 8.06. The highest BCUT2D eigenvalue weighted by molar-refractivity contribution is 4.77. The molecule has 0 saturated carbocycles. The molecular formula is C14H29NO2. The highest BCUT2D eigenvalue weighted by atomic mass is 16.7. The Morgan fingerprint density at radius 2 is 1.82 bits per heavy atom. The number of ether oxygens (including phenoxy) is 2. The van der Waals surface area contributed by atoms with Gasteiger partial charge in [-0.3, -0.25) is 4.90 Å². The molecule has 1 saturated heterocycles. The predicted octanol–water partition coefficient (Wildman–Crippen LogP) is 3.04. The Labute approximate surface area is 106 Å². The van der Waals surface area contributed by atoms with Crippen LogP contribution in [0.25, 0.3) is 0 Å². The third kappa shape index (κ3) is 4.94. The van der Waals surface area contributed by atoms with E-state index in [4.69, 9.17) is 9.47 Å². The van der Waals surface area contributed by atoms with Crippen molar-refractivity contribution in [2.45, 2.75) is 58.2 Å². The molecule has 0 bridgehead atoms. The third-order valence-corrected chi connectivity index (χ3v) is 3.60. The zero-order chi connectivity index (χ0) is 12.6. The van der Waals surface area contributed by atoms with Crippen LogP contribution < -0.4 is 0 Å². The highest BCUT2D eigenvalue weighted by Crippen LogP contribution is 2.23. The molecule has 0 radical (unpaired) electrons. The molecule has 0 aromatic carbocycles. The highest BCUT2D eigenvalue weighted by Gasteiger charge is 2.32. The molecule has 1 aliphatic rings. The number of hydrogen-bond donors (Lipinski definition) is 0. The third-order valence-electron chi connectivity index (χ3n) is 3.60. The number of methoxy groups -OCH3 is 1. The lowest BCUT2D eigenvalue weighted by atomic mass is 10.1. The quantitative estimate of drug-likeness (QED) is 0.612. The van der Waals surface area contributed by atoms with Crippen molar-refractivity contribution in [3.63, 3.8) is 0 Å². The van der Waals surface area contributed by atoms with Crippen molar-refractivity contribution in [2.24, 2.45) is 0 Å². The summed E-state index contributed by atoms with van der Waals surface area (Å²) < 4.78 is 11.6. The van der Waals surface area contributed by atoms with Crippen molar-refractivity contribution in [1.29, 1.82) is 0 Å². The van der Waals surface area contributed by atoms with Gasteiger partial charge >= 0.3 is 0 Å². The number of nitrogens with zero attached hydrogens (tertiary/aromatic N) is 1. The van der Waals surface area contributed by atoms with E-state index in [1.54, 1.807) is 7.11 Å². The second-order valence-electron chi connectivity index (χ2n) is 4.99. The smallest absolute Gasteiger partial charge is 0.180 e. The summed E-state index contributed by atoms with van der Waals surface area (Å²) in [6.45, 7) is 8.32. The molecule has 3 nitrogen and oxygen atoms in total. The Bertz CT molecular complexity index is 193. The average Bonchev–Trinajstić information content (AvgIpc) is 2.37. The summed E-state index contributed by atoms with van der Waals surface area (Å²) in [6, 6.07) is 0. The van der Waals surface area contributed by atoms with E-state index in [0.717, 1.165) is 19.6 Å². The van der Waals surface area contributed by atoms with Gasteiger partial charge < -0.3 is 9.47 Å². The SMILES string of the molecule is CCCCC(CN1CCCCC1)(OC)OCC. The van der Waals surface area contributed by atoms with Gasteiger partial charge in [-0.2, -0.15) is 0 Å². The normalized spacial score (nSPS) is 21.4. The fourth-order valence-electron chi connectivity index (χ4n) is 2.59. The summed E-state index contributed by atoms with van der Waals surface area (Å²) in [4.78, 5) is 2.50. The van der Waals surface area contributed by atoms with Crippen LogP contribution in [0.3, 0.4) is 0 Å². The summed E-state index contributed by atoms with van der Waals surface area (Å²) in [6.07, 6.45) is 7.38. The Hall–Kier alpha value is -0.120. The predicted molar refractivity (Wildman–Crippen MR) is 71.2 cm³/mol. The molecule has 1 fully saturated rings. The molecule has 0 amide bonds. The van der Waals surface area contributed by atoms with Crippen LogP contribution in [0.15, 0.2) is 0 Å². The van der Waals surface area contributed by atoms with Crippen molar-refractivity contribution in [3.05, 3.63) is 0 Å². The maximum atomic E-state index is 5.92. The number of piperidine rings is 1. The molecule has 102 valence electrons. The molecular weight excluding hydrogens is 214 g/mol. The molecule has 0 aromatic heterocycles. The minimum Gasteiger partial charge on any atom is -0.352 e. The minimum atomic E-state index is -0.373. The number of rotatable bonds is 8. The van der Waals surface area contributed by atoms with Crippen LogP contribution >= 0.6 is 0 Å². The maximum Gasteiger partial charge on any atom is 0.180 e. The van der Waals surface area contributed by atoms with E-state index >= 15 is 0 Å². The summed E-state index contributed by atoms with van der Waals surface area (Å²) in [5, 5.41) is 0. The van der Waals surface area contributed by atoms with Gasteiger partial charge in [-0.1, -0.05) is 19.8 Å². The molecule has 17 heavy (non-hydrogen) atoms. The summed E-state index contributed by atoms with van der Waals surface area (Å²) in [7, 11) is 1.79. The van der Waals surface area contributed by atoms with Gasteiger partial charge in [-0.05, 0) is 39.3 Å². The molecule has 1 unspecified atom stereocenters. The lowest BCUT2D eigenvalue weighted by Gasteiger charge is -2.38. The first-order valence-electron chi connectivity index (χ1n) is 7.18. The number of hydrogen-bond acceptors (Lipinski definition) is 3. The number of likely N-dealkylation sites (tertiary alicyclic amines) is 1. The molecule has 1 rings (SSSR count). The van der Waals surface area contributed by atoms with Crippen LogP contribution in [-0.4, -0.2) is 44.0 Å². The Morgan fingerprint density at radius 3 is 2.35 bits per heavy atom. The van der Waals surface area contributed by atoms with Crippen molar-refractivity contribution < 1.29 is 9.47 Å². The Kier molecular flexibility index (Phi) is 7.09. The Balaban J connectivity index is 2.52. The molecule has 3 heteroatoms. The van der Waals surface area contributed by atoms with Crippen molar-refractivity contribution in [2.75, 3.05) is 33.4 Å². The fraction of sp³-hybridized carbons (Fsp3) is 1.00. The summed E-state index contributed by atoms with van der Waals surface area (Å²) >= 11 is 0. The first-order valence-corrected chi connectivity index (χ1v) is 7.18. The van der Waals surface area contributed by atoms with Gasteiger partial charge in [0.15, 0.2) is 5.79 Å². The van der Waals surface area contributed by atoms with E-state index in [1.807, 2.05) is 0 Å². The van der Waals surface area contributed by atoms with Gasteiger partial charge in [0, 0.05) is 20.1 Å².